The van der Waals surface area contributed by atoms with Gasteiger partial charge in [-0.25, -0.2) is 4.98 Å². The van der Waals surface area contributed by atoms with Crippen molar-refractivity contribution in [1.29, 1.82) is 5.26 Å². The Morgan fingerprint density at radius 1 is 1.56 bits per heavy atom. The van der Waals surface area contributed by atoms with Gasteiger partial charge in [0.2, 0.25) is 0 Å². The number of nitriles is 1. The highest BCUT2D eigenvalue weighted by atomic mass is 16.3. The summed E-state index contributed by atoms with van der Waals surface area (Å²) >= 11 is 0. The van der Waals surface area contributed by atoms with Crippen molar-refractivity contribution in [1.82, 2.24) is 4.98 Å². The molecule has 0 bridgehead atoms. The molecule has 2 aromatic heterocycles. The van der Waals surface area contributed by atoms with Crippen LogP contribution in [0.25, 0.3) is 0 Å². The summed E-state index contributed by atoms with van der Waals surface area (Å²) in [5, 5.41) is 8.78. The van der Waals surface area contributed by atoms with Crippen LogP contribution in [-0.4, -0.2) is 11.5 Å². The molecule has 0 fully saturated rings. The van der Waals surface area contributed by atoms with Crippen LogP contribution in [0.3, 0.4) is 0 Å². The van der Waals surface area contributed by atoms with E-state index in [1.807, 2.05) is 30.0 Å². The number of anilines is 2. The number of hydrogen-bond acceptors (Lipinski definition) is 5. The van der Waals surface area contributed by atoms with E-state index in [0.717, 1.165) is 12.3 Å². The van der Waals surface area contributed by atoms with Crippen LogP contribution in [0.5, 0.6) is 0 Å². The van der Waals surface area contributed by atoms with Gasteiger partial charge in [0.1, 0.15) is 11.8 Å². The van der Waals surface area contributed by atoms with Gasteiger partial charge in [0, 0.05) is 12.7 Å². The fourth-order valence-electron chi connectivity index (χ4n) is 1.73. The van der Waals surface area contributed by atoms with Gasteiger partial charge in [-0.2, -0.15) is 5.26 Å². The second kappa shape index (κ2) is 5.23. The van der Waals surface area contributed by atoms with E-state index in [1.165, 1.54) is 6.20 Å². The van der Waals surface area contributed by atoms with Crippen LogP contribution in [-0.2, 0) is 6.54 Å². The molecule has 0 unspecified atom stereocenters. The highest BCUT2D eigenvalue weighted by Crippen LogP contribution is 2.22. The number of aromatic nitrogens is 1. The molecule has 5 nitrogen and oxygen atoms in total. The lowest BCUT2D eigenvalue weighted by Crippen LogP contribution is -2.24. The smallest absolute Gasteiger partial charge is 0.152 e. The average Bonchev–Trinajstić information content (AvgIpc) is 2.89. The van der Waals surface area contributed by atoms with Gasteiger partial charge in [0.05, 0.1) is 24.1 Å². The fourth-order valence-corrected chi connectivity index (χ4v) is 1.73. The molecule has 2 heterocycles. The van der Waals surface area contributed by atoms with Crippen LogP contribution in [0, 0.1) is 11.3 Å². The Bertz CT molecular complexity index is 557. The Kier molecular flexibility index (Phi) is 3.49. The van der Waals surface area contributed by atoms with Crippen LogP contribution < -0.4 is 10.6 Å². The highest BCUT2D eigenvalue weighted by Gasteiger charge is 2.12. The molecule has 2 aromatic rings. The number of nitrogens with two attached hydrogens (primary N) is 1. The van der Waals surface area contributed by atoms with E-state index in [0.29, 0.717) is 23.6 Å². The van der Waals surface area contributed by atoms with Crippen LogP contribution in [0.15, 0.2) is 35.1 Å². The van der Waals surface area contributed by atoms with Crippen LogP contribution in [0.2, 0.25) is 0 Å². The second-order valence-electron chi connectivity index (χ2n) is 3.84. The molecule has 0 aliphatic carbocycles. The second-order valence-corrected chi connectivity index (χ2v) is 3.84. The Hall–Kier alpha value is -2.48. The first-order chi connectivity index (χ1) is 8.74. The Morgan fingerprint density at radius 2 is 2.39 bits per heavy atom. The van der Waals surface area contributed by atoms with E-state index in [4.69, 9.17) is 15.4 Å². The van der Waals surface area contributed by atoms with Gasteiger partial charge in [-0.1, -0.05) is 0 Å². The van der Waals surface area contributed by atoms with Crippen LogP contribution in [0.1, 0.15) is 18.2 Å². The minimum atomic E-state index is 0.463. The first-order valence-electron chi connectivity index (χ1n) is 5.67. The van der Waals surface area contributed by atoms with E-state index < -0.39 is 0 Å². The Labute approximate surface area is 105 Å². The standard InChI is InChI=1S/C13H14N4O/c1-2-17(9-11-4-3-5-18-11)13-12(15)6-10(7-14)8-16-13/h3-6,8H,2,9,15H2,1H3. The summed E-state index contributed by atoms with van der Waals surface area (Å²) < 4.78 is 5.31. The third-order valence-electron chi connectivity index (χ3n) is 2.63. The van der Waals surface area contributed by atoms with Gasteiger partial charge in [-0.15, -0.1) is 0 Å². The van der Waals surface area contributed by atoms with Crippen molar-refractivity contribution >= 4 is 11.5 Å². The zero-order valence-electron chi connectivity index (χ0n) is 10.1. The van der Waals surface area contributed by atoms with Gasteiger partial charge < -0.3 is 15.1 Å². The topological polar surface area (TPSA) is 79.1 Å². The van der Waals surface area contributed by atoms with Crippen molar-refractivity contribution in [2.75, 3.05) is 17.2 Å². The minimum Gasteiger partial charge on any atom is -0.467 e. The number of pyridine rings is 1. The molecule has 2 N–H and O–H groups in total. The van der Waals surface area contributed by atoms with Crippen molar-refractivity contribution in [3.8, 4) is 6.07 Å². The molecule has 2 rings (SSSR count). The minimum absolute atomic E-state index is 0.463. The molecule has 0 saturated heterocycles. The van der Waals surface area contributed by atoms with Crippen molar-refractivity contribution in [3.63, 3.8) is 0 Å². The highest BCUT2D eigenvalue weighted by molar-refractivity contribution is 5.64. The molecule has 0 aromatic carbocycles. The molecule has 0 atom stereocenters. The molecule has 0 spiro atoms. The van der Waals surface area contributed by atoms with Gasteiger partial charge in [0.15, 0.2) is 5.82 Å². The summed E-state index contributed by atoms with van der Waals surface area (Å²) in [5.41, 5.74) is 6.88. The quantitative estimate of drug-likeness (QED) is 0.888. The first kappa shape index (κ1) is 12.0. The van der Waals surface area contributed by atoms with Crippen molar-refractivity contribution < 1.29 is 4.42 Å². The maximum atomic E-state index is 8.78. The monoisotopic (exact) mass is 242 g/mol. The molecule has 18 heavy (non-hydrogen) atoms. The molecule has 92 valence electrons. The maximum Gasteiger partial charge on any atom is 0.152 e. The number of rotatable bonds is 4. The molecule has 0 aliphatic rings. The summed E-state index contributed by atoms with van der Waals surface area (Å²) in [7, 11) is 0. The number of furan rings is 1. The third-order valence-corrected chi connectivity index (χ3v) is 2.63. The summed E-state index contributed by atoms with van der Waals surface area (Å²) in [6.07, 6.45) is 3.16. The number of nitrogens with zero attached hydrogens (tertiary/aromatic N) is 3. The van der Waals surface area contributed by atoms with E-state index in [-0.39, 0.29) is 0 Å². The Morgan fingerprint density at radius 3 is 2.94 bits per heavy atom. The fraction of sp³-hybridized carbons (Fsp3) is 0.231. The van der Waals surface area contributed by atoms with Crippen molar-refractivity contribution in [2.24, 2.45) is 0 Å². The predicted molar refractivity (Wildman–Crippen MR) is 68.8 cm³/mol. The molecule has 0 aliphatic heterocycles. The average molecular weight is 242 g/mol. The van der Waals surface area contributed by atoms with Crippen LogP contribution in [0.4, 0.5) is 11.5 Å². The van der Waals surface area contributed by atoms with E-state index in [1.54, 1.807) is 12.3 Å². The predicted octanol–water partition coefficient (Wildman–Crippen LogP) is 2.15. The van der Waals surface area contributed by atoms with E-state index in [9.17, 15) is 0 Å². The lowest BCUT2D eigenvalue weighted by Gasteiger charge is -2.22. The largest absolute Gasteiger partial charge is 0.467 e. The van der Waals surface area contributed by atoms with Gasteiger partial charge in [-0.05, 0) is 25.1 Å². The first-order valence-corrected chi connectivity index (χ1v) is 5.67. The maximum absolute atomic E-state index is 8.78. The van der Waals surface area contributed by atoms with Gasteiger partial charge in [-0.3, -0.25) is 0 Å². The molecular weight excluding hydrogens is 228 g/mol. The number of hydrogen-bond donors (Lipinski definition) is 1. The van der Waals surface area contributed by atoms with Gasteiger partial charge >= 0.3 is 0 Å². The Balaban J connectivity index is 2.25. The van der Waals surface area contributed by atoms with E-state index in [2.05, 4.69) is 4.98 Å². The van der Waals surface area contributed by atoms with Gasteiger partial charge in [0.25, 0.3) is 0 Å². The van der Waals surface area contributed by atoms with Crippen molar-refractivity contribution in [3.05, 3.63) is 42.0 Å². The normalized spacial score (nSPS) is 10.0. The van der Waals surface area contributed by atoms with E-state index >= 15 is 0 Å². The summed E-state index contributed by atoms with van der Waals surface area (Å²) in [4.78, 5) is 6.23. The summed E-state index contributed by atoms with van der Waals surface area (Å²) in [6.45, 7) is 3.37. The molecule has 5 heteroatoms. The lowest BCUT2D eigenvalue weighted by molar-refractivity contribution is 0.503. The molecule has 0 saturated carbocycles. The summed E-state index contributed by atoms with van der Waals surface area (Å²) in [6, 6.07) is 7.40. The molecule has 0 amide bonds. The zero-order chi connectivity index (χ0) is 13.0. The third kappa shape index (κ3) is 2.43. The molecular formula is C13H14N4O. The lowest BCUT2D eigenvalue weighted by atomic mass is 10.2. The summed E-state index contributed by atoms with van der Waals surface area (Å²) in [5.74, 6) is 1.52. The number of nitrogen functional groups attached to an aromatic ring is 1. The SMILES string of the molecule is CCN(Cc1ccco1)c1ncc(C#N)cc1N. The van der Waals surface area contributed by atoms with Crippen LogP contribution >= 0.6 is 0 Å². The molecule has 0 radical (unpaired) electrons. The van der Waals surface area contributed by atoms with Crippen molar-refractivity contribution in [2.45, 2.75) is 13.5 Å². The zero-order valence-corrected chi connectivity index (χ0v) is 10.1.